The molecule has 2 amide bonds. The first-order chi connectivity index (χ1) is 15.0. The third-order valence-electron chi connectivity index (χ3n) is 5.16. The van der Waals surface area contributed by atoms with Gasteiger partial charge in [-0.25, -0.2) is 4.90 Å². The van der Waals surface area contributed by atoms with Gasteiger partial charge in [0.1, 0.15) is 11.4 Å². The number of hydrogen-bond acceptors (Lipinski definition) is 4. The Morgan fingerprint density at radius 3 is 2.06 bits per heavy atom. The van der Waals surface area contributed by atoms with E-state index in [1.165, 1.54) is 4.90 Å². The van der Waals surface area contributed by atoms with Crippen LogP contribution < -0.4 is 15.0 Å². The second kappa shape index (κ2) is 8.48. The molecule has 4 rings (SSSR count). The SMILES string of the molecule is CCOc1ccccc1NC1=C(c2ccc(C)cc2)C(=O)N(c2ccc(C)cc2)C1=O. The van der Waals surface area contributed by atoms with E-state index in [1.807, 2.05) is 81.4 Å². The molecule has 1 aliphatic rings. The van der Waals surface area contributed by atoms with Crippen molar-refractivity contribution >= 4 is 28.8 Å². The first-order valence-corrected chi connectivity index (χ1v) is 10.2. The Labute approximate surface area is 182 Å². The molecule has 0 atom stereocenters. The summed E-state index contributed by atoms with van der Waals surface area (Å²) in [6.45, 7) is 6.34. The summed E-state index contributed by atoms with van der Waals surface area (Å²) in [6.07, 6.45) is 0. The largest absolute Gasteiger partial charge is 0.492 e. The number of hydrogen-bond donors (Lipinski definition) is 1. The van der Waals surface area contributed by atoms with Gasteiger partial charge in [0.15, 0.2) is 0 Å². The fraction of sp³-hybridized carbons (Fsp3) is 0.154. The number of anilines is 2. The summed E-state index contributed by atoms with van der Waals surface area (Å²) in [5.74, 6) is -0.125. The van der Waals surface area contributed by atoms with Gasteiger partial charge in [0.05, 0.1) is 23.6 Å². The number of rotatable bonds is 6. The lowest BCUT2D eigenvalue weighted by atomic mass is 10.0. The first-order valence-electron chi connectivity index (χ1n) is 10.2. The Bertz CT molecular complexity index is 1160. The molecule has 3 aromatic rings. The average molecular weight is 412 g/mol. The molecule has 0 bridgehead atoms. The zero-order chi connectivity index (χ0) is 22.0. The number of aryl methyl sites for hydroxylation is 2. The summed E-state index contributed by atoms with van der Waals surface area (Å²) in [5, 5.41) is 3.19. The molecule has 31 heavy (non-hydrogen) atoms. The van der Waals surface area contributed by atoms with Gasteiger partial charge in [0.2, 0.25) is 0 Å². The van der Waals surface area contributed by atoms with Gasteiger partial charge in [-0.3, -0.25) is 9.59 Å². The van der Waals surface area contributed by atoms with Gasteiger partial charge in [-0.05, 0) is 50.6 Å². The van der Waals surface area contributed by atoms with Crippen LogP contribution in [0.2, 0.25) is 0 Å². The quantitative estimate of drug-likeness (QED) is 0.573. The van der Waals surface area contributed by atoms with Crippen LogP contribution in [0.4, 0.5) is 11.4 Å². The van der Waals surface area contributed by atoms with Gasteiger partial charge >= 0.3 is 0 Å². The number of nitrogens with one attached hydrogen (secondary N) is 1. The van der Waals surface area contributed by atoms with Crippen LogP contribution in [-0.4, -0.2) is 18.4 Å². The highest BCUT2D eigenvalue weighted by Crippen LogP contribution is 2.35. The van der Waals surface area contributed by atoms with Gasteiger partial charge in [-0.2, -0.15) is 0 Å². The number of carbonyl (C=O) groups excluding carboxylic acids is 2. The van der Waals surface area contributed by atoms with Gasteiger partial charge in [-0.15, -0.1) is 0 Å². The highest BCUT2D eigenvalue weighted by molar-refractivity contribution is 6.46. The molecule has 1 N–H and O–H groups in total. The lowest BCUT2D eigenvalue weighted by Crippen LogP contribution is -2.32. The van der Waals surface area contributed by atoms with Gasteiger partial charge in [-0.1, -0.05) is 59.7 Å². The maximum atomic E-state index is 13.5. The third kappa shape index (κ3) is 3.94. The van der Waals surface area contributed by atoms with E-state index in [4.69, 9.17) is 4.74 Å². The fourth-order valence-corrected chi connectivity index (χ4v) is 3.55. The number of amides is 2. The van der Waals surface area contributed by atoms with Crippen LogP contribution in [0.3, 0.4) is 0 Å². The topological polar surface area (TPSA) is 58.6 Å². The minimum atomic E-state index is -0.393. The molecule has 0 radical (unpaired) electrons. The second-order valence-corrected chi connectivity index (χ2v) is 7.45. The third-order valence-corrected chi connectivity index (χ3v) is 5.16. The van der Waals surface area contributed by atoms with Crippen molar-refractivity contribution in [3.63, 3.8) is 0 Å². The van der Waals surface area contributed by atoms with E-state index >= 15 is 0 Å². The van der Waals surface area contributed by atoms with Gasteiger partial charge in [0, 0.05) is 0 Å². The number of carbonyl (C=O) groups is 2. The molecule has 0 saturated carbocycles. The number of nitrogens with zero attached hydrogens (tertiary/aromatic N) is 1. The monoisotopic (exact) mass is 412 g/mol. The molecular formula is C26H24N2O3. The molecule has 0 fully saturated rings. The lowest BCUT2D eigenvalue weighted by Gasteiger charge is -2.16. The zero-order valence-corrected chi connectivity index (χ0v) is 17.8. The highest BCUT2D eigenvalue weighted by atomic mass is 16.5. The molecule has 156 valence electrons. The number of benzene rings is 3. The van der Waals surface area contributed by atoms with Gasteiger partial charge in [0.25, 0.3) is 11.8 Å². The van der Waals surface area contributed by atoms with E-state index in [0.29, 0.717) is 34.9 Å². The maximum absolute atomic E-state index is 13.5. The van der Waals surface area contributed by atoms with E-state index in [1.54, 1.807) is 12.1 Å². The molecule has 0 aromatic heterocycles. The second-order valence-electron chi connectivity index (χ2n) is 7.45. The van der Waals surface area contributed by atoms with Crippen molar-refractivity contribution in [2.24, 2.45) is 0 Å². The Morgan fingerprint density at radius 1 is 0.806 bits per heavy atom. The van der Waals surface area contributed by atoms with Crippen LogP contribution in [0.25, 0.3) is 5.57 Å². The number of para-hydroxylation sites is 2. The Morgan fingerprint density at radius 2 is 1.42 bits per heavy atom. The molecule has 0 spiro atoms. The summed E-state index contributed by atoms with van der Waals surface area (Å²) in [4.78, 5) is 28.2. The number of imide groups is 1. The minimum Gasteiger partial charge on any atom is -0.492 e. The molecule has 0 aliphatic carbocycles. The smallest absolute Gasteiger partial charge is 0.282 e. The van der Waals surface area contributed by atoms with Crippen molar-refractivity contribution in [2.75, 3.05) is 16.8 Å². The standard InChI is InChI=1S/C26H24N2O3/c1-4-31-22-8-6-5-7-21(22)27-24-23(19-13-9-17(2)10-14-19)25(29)28(26(24)30)20-15-11-18(3)12-16-20/h5-16,27H,4H2,1-3H3. The van der Waals surface area contributed by atoms with E-state index in [2.05, 4.69) is 5.32 Å². The summed E-state index contributed by atoms with van der Waals surface area (Å²) < 4.78 is 5.70. The molecule has 5 heteroatoms. The van der Waals surface area contributed by atoms with Crippen LogP contribution >= 0.6 is 0 Å². The Kier molecular flexibility index (Phi) is 5.58. The molecule has 0 unspecified atom stereocenters. The molecule has 5 nitrogen and oxygen atoms in total. The Hall–Kier alpha value is -3.86. The van der Waals surface area contributed by atoms with Crippen molar-refractivity contribution in [2.45, 2.75) is 20.8 Å². The molecule has 3 aromatic carbocycles. The van der Waals surface area contributed by atoms with Crippen molar-refractivity contribution < 1.29 is 14.3 Å². The fourth-order valence-electron chi connectivity index (χ4n) is 3.55. The average Bonchev–Trinajstić information content (AvgIpc) is 3.01. The van der Waals surface area contributed by atoms with Crippen LogP contribution in [0, 0.1) is 13.8 Å². The van der Waals surface area contributed by atoms with Crippen molar-refractivity contribution in [3.8, 4) is 5.75 Å². The van der Waals surface area contributed by atoms with Gasteiger partial charge < -0.3 is 10.1 Å². The summed E-state index contributed by atoms with van der Waals surface area (Å²) in [7, 11) is 0. The number of ether oxygens (including phenoxy) is 1. The predicted molar refractivity (Wildman–Crippen MR) is 123 cm³/mol. The minimum absolute atomic E-state index is 0.238. The Balaban J connectivity index is 1.82. The van der Waals surface area contributed by atoms with E-state index < -0.39 is 5.91 Å². The molecule has 1 heterocycles. The summed E-state index contributed by atoms with van der Waals surface area (Å²) >= 11 is 0. The van der Waals surface area contributed by atoms with Crippen molar-refractivity contribution in [3.05, 3.63) is 95.2 Å². The lowest BCUT2D eigenvalue weighted by molar-refractivity contribution is -0.120. The zero-order valence-electron chi connectivity index (χ0n) is 17.8. The normalized spacial score (nSPS) is 13.7. The van der Waals surface area contributed by atoms with Crippen LogP contribution in [0.15, 0.2) is 78.5 Å². The van der Waals surface area contributed by atoms with E-state index in [0.717, 1.165) is 11.1 Å². The molecule has 0 saturated heterocycles. The van der Waals surface area contributed by atoms with Crippen LogP contribution in [0.1, 0.15) is 23.6 Å². The van der Waals surface area contributed by atoms with Crippen LogP contribution in [0.5, 0.6) is 5.75 Å². The summed E-state index contributed by atoms with van der Waals surface area (Å²) in [5.41, 5.74) is 4.58. The highest BCUT2D eigenvalue weighted by Gasteiger charge is 2.40. The predicted octanol–water partition coefficient (Wildman–Crippen LogP) is 5.10. The van der Waals surface area contributed by atoms with Crippen molar-refractivity contribution in [1.29, 1.82) is 0 Å². The molecule has 1 aliphatic heterocycles. The first kappa shape index (κ1) is 20.4. The van der Waals surface area contributed by atoms with E-state index in [9.17, 15) is 9.59 Å². The van der Waals surface area contributed by atoms with E-state index in [-0.39, 0.29) is 11.6 Å². The maximum Gasteiger partial charge on any atom is 0.282 e. The molecular weight excluding hydrogens is 388 g/mol. The van der Waals surface area contributed by atoms with Crippen molar-refractivity contribution in [1.82, 2.24) is 0 Å². The summed E-state index contributed by atoms with van der Waals surface area (Å²) in [6, 6.07) is 22.3. The van der Waals surface area contributed by atoms with Crippen LogP contribution in [-0.2, 0) is 9.59 Å².